The van der Waals surface area contributed by atoms with E-state index in [1.807, 2.05) is 29.5 Å². The Morgan fingerprint density at radius 2 is 1.62 bits per heavy atom. The van der Waals surface area contributed by atoms with E-state index in [0.717, 1.165) is 5.57 Å². The largest absolute Gasteiger partial charge is 0.347 e. The number of likely N-dealkylation sites (N-methyl/N-ethyl adjacent to an activating group) is 1. The first kappa shape index (κ1) is 18.7. The highest BCUT2D eigenvalue weighted by Gasteiger charge is 2.14. The van der Waals surface area contributed by atoms with E-state index < -0.39 is 0 Å². The molecule has 1 aliphatic heterocycles. The maximum atomic E-state index is 12.4. The fraction of sp³-hybridized carbons (Fsp3) is 0.190. The normalized spacial score (nSPS) is 19.0. The summed E-state index contributed by atoms with van der Waals surface area (Å²) >= 11 is 11.9. The van der Waals surface area contributed by atoms with Crippen molar-refractivity contribution < 1.29 is 9.69 Å². The van der Waals surface area contributed by atoms with Crippen molar-refractivity contribution in [3.63, 3.8) is 0 Å². The van der Waals surface area contributed by atoms with E-state index in [-0.39, 0.29) is 12.3 Å². The fourth-order valence-corrected chi connectivity index (χ4v) is 3.09. The van der Waals surface area contributed by atoms with Crippen LogP contribution in [0.4, 0.5) is 0 Å². The van der Waals surface area contributed by atoms with E-state index >= 15 is 0 Å². The fourth-order valence-electron chi connectivity index (χ4n) is 2.79. The van der Waals surface area contributed by atoms with Crippen LogP contribution < -0.4 is 4.90 Å². The van der Waals surface area contributed by atoms with Gasteiger partial charge in [0.1, 0.15) is 6.04 Å². The molecule has 0 amide bonds. The monoisotopic (exact) mass is 387 g/mol. The number of allylic oxidation sites excluding steroid dienone is 6. The van der Waals surface area contributed by atoms with Crippen LogP contribution in [0.1, 0.15) is 10.4 Å². The Morgan fingerprint density at radius 1 is 1.00 bits per heavy atom. The van der Waals surface area contributed by atoms with Gasteiger partial charge in [-0.1, -0.05) is 35.4 Å². The van der Waals surface area contributed by atoms with Crippen LogP contribution >= 0.6 is 23.2 Å². The molecule has 0 radical (unpaired) electrons. The molecular formula is C21H21Cl2N2O+. The minimum atomic E-state index is -0.0109. The van der Waals surface area contributed by atoms with Gasteiger partial charge in [-0.3, -0.25) is 4.79 Å². The summed E-state index contributed by atoms with van der Waals surface area (Å²) in [7, 11) is 4.28. The van der Waals surface area contributed by atoms with Crippen molar-refractivity contribution in [1.82, 2.24) is 4.90 Å². The molecular weight excluding hydrogens is 367 g/mol. The molecule has 5 heteroatoms. The number of hydrogen-bond acceptors (Lipinski definition) is 2. The molecule has 0 atom stereocenters. The molecule has 26 heavy (non-hydrogen) atoms. The Kier molecular flexibility index (Phi) is 5.82. The summed E-state index contributed by atoms with van der Waals surface area (Å²) in [6.07, 6.45) is 16.6. The van der Waals surface area contributed by atoms with Gasteiger partial charge in [-0.05, 0) is 53.6 Å². The van der Waals surface area contributed by atoms with E-state index in [0.29, 0.717) is 21.7 Å². The van der Waals surface area contributed by atoms with Gasteiger partial charge in [-0.2, -0.15) is 0 Å². The Labute approximate surface area is 164 Å². The zero-order valence-corrected chi connectivity index (χ0v) is 16.3. The third kappa shape index (κ3) is 4.36. The molecule has 3 nitrogen and oxygen atoms in total. The first-order valence-electron chi connectivity index (χ1n) is 8.45. The van der Waals surface area contributed by atoms with Crippen molar-refractivity contribution >= 4 is 29.0 Å². The molecule has 1 aliphatic carbocycles. The number of benzene rings is 1. The van der Waals surface area contributed by atoms with Gasteiger partial charge in [0.15, 0.2) is 5.78 Å². The Morgan fingerprint density at radius 3 is 2.19 bits per heavy atom. The van der Waals surface area contributed by atoms with Gasteiger partial charge in [0, 0.05) is 18.0 Å². The van der Waals surface area contributed by atoms with Crippen LogP contribution in [0.25, 0.3) is 0 Å². The Bertz CT molecular complexity index is 831. The van der Waals surface area contributed by atoms with Gasteiger partial charge >= 0.3 is 0 Å². The zero-order chi connectivity index (χ0) is 18.7. The molecule has 3 rings (SSSR count). The van der Waals surface area contributed by atoms with Crippen molar-refractivity contribution in [3.05, 3.63) is 93.8 Å². The van der Waals surface area contributed by atoms with E-state index in [1.165, 1.54) is 10.5 Å². The number of rotatable bonds is 4. The zero-order valence-electron chi connectivity index (χ0n) is 14.7. The summed E-state index contributed by atoms with van der Waals surface area (Å²) < 4.78 is 0. The van der Waals surface area contributed by atoms with Gasteiger partial charge in [0.05, 0.1) is 30.7 Å². The summed E-state index contributed by atoms with van der Waals surface area (Å²) in [5, 5.41) is 0.840. The number of Topliss-reactive ketones (excluding diaryl/α,β-unsaturated/α-hetero) is 1. The molecule has 0 unspecified atom stereocenters. The molecule has 1 aromatic rings. The number of hydrogen-bond donors (Lipinski definition) is 1. The van der Waals surface area contributed by atoms with Gasteiger partial charge in [-0.25, -0.2) is 0 Å². The smallest absolute Gasteiger partial charge is 0.182 e. The predicted molar refractivity (Wildman–Crippen MR) is 108 cm³/mol. The molecule has 0 spiro atoms. The molecule has 1 N–H and O–H groups in total. The third-order valence-corrected chi connectivity index (χ3v) is 5.16. The van der Waals surface area contributed by atoms with Crippen molar-refractivity contribution in [2.75, 3.05) is 20.6 Å². The Balaban J connectivity index is 1.65. The number of ketones is 1. The van der Waals surface area contributed by atoms with Gasteiger partial charge in [0.25, 0.3) is 0 Å². The molecule has 2 aliphatic rings. The minimum absolute atomic E-state index is 0.0109. The summed E-state index contributed by atoms with van der Waals surface area (Å²) in [5.41, 5.74) is 2.86. The maximum Gasteiger partial charge on any atom is 0.182 e. The molecule has 0 saturated heterocycles. The lowest BCUT2D eigenvalue weighted by molar-refractivity contribution is -0.871. The average molecular weight is 388 g/mol. The predicted octanol–water partition coefficient (Wildman–Crippen LogP) is 3.45. The van der Waals surface area contributed by atoms with Crippen LogP contribution in [0.5, 0.6) is 0 Å². The molecule has 134 valence electrons. The second kappa shape index (κ2) is 8.09. The van der Waals surface area contributed by atoms with E-state index in [2.05, 4.69) is 38.4 Å². The van der Waals surface area contributed by atoms with E-state index in [1.54, 1.807) is 18.2 Å². The highest BCUT2D eigenvalue weighted by Crippen LogP contribution is 2.23. The molecule has 0 fully saturated rings. The lowest BCUT2D eigenvalue weighted by Crippen LogP contribution is -3.09. The lowest BCUT2D eigenvalue weighted by Gasteiger charge is -2.20. The van der Waals surface area contributed by atoms with Gasteiger partial charge in [-0.15, -0.1) is 0 Å². The number of nitrogens with zero attached hydrogens (tertiary/aromatic N) is 1. The topological polar surface area (TPSA) is 24.8 Å². The highest BCUT2D eigenvalue weighted by atomic mass is 35.5. The molecule has 1 heterocycles. The number of quaternary nitrogens is 1. The van der Waals surface area contributed by atoms with E-state index in [4.69, 9.17) is 23.2 Å². The number of carbonyl (C=O) groups excluding carboxylic acids is 1. The van der Waals surface area contributed by atoms with Crippen molar-refractivity contribution in [2.45, 2.75) is 6.04 Å². The number of halogens is 2. The summed E-state index contributed by atoms with van der Waals surface area (Å²) in [5.74, 6) is -0.0109. The van der Waals surface area contributed by atoms with Crippen LogP contribution in [-0.4, -0.2) is 37.4 Å². The highest BCUT2D eigenvalue weighted by molar-refractivity contribution is 6.42. The van der Waals surface area contributed by atoms with Crippen LogP contribution in [0.3, 0.4) is 0 Å². The second-order valence-corrected chi connectivity index (χ2v) is 7.40. The first-order valence-corrected chi connectivity index (χ1v) is 9.21. The van der Waals surface area contributed by atoms with Crippen LogP contribution in [-0.2, 0) is 0 Å². The van der Waals surface area contributed by atoms with Crippen LogP contribution in [0.2, 0.25) is 10.0 Å². The van der Waals surface area contributed by atoms with Crippen molar-refractivity contribution in [2.24, 2.45) is 0 Å². The van der Waals surface area contributed by atoms with Gasteiger partial charge < -0.3 is 9.80 Å². The lowest BCUT2D eigenvalue weighted by atomic mass is 9.99. The van der Waals surface area contributed by atoms with Crippen molar-refractivity contribution in [3.8, 4) is 0 Å². The Hall–Kier alpha value is -2.07. The summed E-state index contributed by atoms with van der Waals surface area (Å²) in [4.78, 5) is 15.6. The second-order valence-electron chi connectivity index (χ2n) is 6.59. The number of nitrogens with one attached hydrogen (secondary N) is 1. The van der Waals surface area contributed by atoms with E-state index in [9.17, 15) is 4.79 Å². The molecule has 0 aromatic heterocycles. The quantitative estimate of drug-likeness (QED) is 0.800. The SMILES string of the molecule is C[NH+](C)C1C=CC(=C2C=CN(CC(=O)c3ccc(Cl)c(Cl)c3)C=C2)C=C1. The maximum absolute atomic E-state index is 12.4. The van der Waals surface area contributed by atoms with Crippen LogP contribution in [0, 0.1) is 0 Å². The number of carbonyl (C=O) groups is 1. The minimum Gasteiger partial charge on any atom is -0.347 e. The average Bonchev–Trinajstić information content (AvgIpc) is 2.64. The molecule has 1 aromatic carbocycles. The molecule has 0 bridgehead atoms. The van der Waals surface area contributed by atoms with Gasteiger partial charge in [0.2, 0.25) is 0 Å². The first-order chi connectivity index (χ1) is 12.4. The van der Waals surface area contributed by atoms with Crippen molar-refractivity contribution in [1.29, 1.82) is 0 Å². The standard InChI is InChI=1S/C21H20Cl2N2O/c1-24(2)18-6-3-15(4-7-18)16-9-11-25(12-10-16)14-21(26)17-5-8-19(22)20(23)13-17/h3-13,18H,14H2,1-2H3/p+1. The summed E-state index contributed by atoms with van der Waals surface area (Å²) in [6.45, 7) is 0.255. The molecule has 0 saturated carbocycles. The third-order valence-electron chi connectivity index (χ3n) is 4.43. The summed E-state index contributed by atoms with van der Waals surface area (Å²) in [6, 6.07) is 5.36. The van der Waals surface area contributed by atoms with Crippen LogP contribution in [0.15, 0.2) is 78.2 Å².